The molecule has 0 fully saturated rings. The number of hydrogen-bond acceptors (Lipinski definition) is 0. The number of hydrogen-bond donors (Lipinski definition) is 0. The summed E-state index contributed by atoms with van der Waals surface area (Å²) >= 11 is 0. The molecule has 2 heteroatoms. The van der Waals surface area contributed by atoms with Gasteiger partial charge in [-0.3, -0.25) is 0 Å². The Morgan fingerprint density at radius 2 is 1.00 bits per heavy atom. The summed E-state index contributed by atoms with van der Waals surface area (Å²) in [5, 5.41) is 0. The summed E-state index contributed by atoms with van der Waals surface area (Å²) < 4.78 is 0. The van der Waals surface area contributed by atoms with Crippen LogP contribution in [0.2, 0.25) is 0 Å². The highest BCUT2D eigenvalue weighted by Gasteiger charge is 2.16. The van der Waals surface area contributed by atoms with Gasteiger partial charge in [0.25, 0.3) is 0 Å². The van der Waals surface area contributed by atoms with E-state index < -0.39 is 0 Å². The molecule has 0 rings (SSSR count). The lowest BCUT2D eigenvalue weighted by atomic mass is 10.0. The maximum absolute atomic E-state index is 3.06. The van der Waals surface area contributed by atoms with Gasteiger partial charge in [0, 0.05) is 0 Å². The van der Waals surface area contributed by atoms with Crippen molar-refractivity contribution < 1.29 is 0 Å². The van der Waals surface area contributed by atoms with E-state index in [9.17, 15) is 0 Å². The summed E-state index contributed by atoms with van der Waals surface area (Å²) in [7, 11) is 6.13. The summed E-state index contributed by atoms with van der Waals surface area (Å²) in [6, 6.07) is 0. The van der Waals surface area contributed by atoms with Crippen molar-refractivity contribution >= 4 is 18.5 Å². The molecule has 0 radical (unpaired) electrons. The Hall–Kier alpha value is 0.860. The Labute approximate surface area is 108 Å². The van der Waals surface area contributed by atoms with Gasteiger partial charge in [-0.25, -0.2) is 0 Å². The molecule has 0 aromatic heterocycles. The van der Waals surface area contributed by atoms with E-state index in [1.807, 2.05) is 0 Å². The Bertz CT molecular complexity index is 144. The van der Waals surface area contributed by atoms with E-state index in [4.69, 9.17) is 0 Å². The van der Waals surface area contributed by atoms with E-state index in [0.717, 1.165) is 0 Å². The molecule has 0 spiro atoms. The second-order valence-corrected chi connectivity index (χ2v) is 8.17. The zero-order valence-corrected chi connectivity index (χ0v) is 13.7. The summed E-state index contributed by atoms with van der Waals surface area (Å²) in [6.45, 7) is 4.56. The topological polar surface area (TPSA) is 0 Å². The van der Waals surface area contributed by atoms with Gasteiger partial charge in [-0.1, -0.05) is 71.6 Å². The van der Waals surface area contributed by atoms with Gasteiger partial charge in [0.1, 0.15) is 0 Å². The van der Waals surface area contributed by atoms with Crippen LogP contribution in [-0.4, -0.2) is 4.90 Å². The SMILES string of the molecule is CCCCCCCC(P)(P)CCCCCC. The highest BCUT2D eigenvalue weighted by Crippen LogP contribution is 2.38. The van der Waals surface area contributed by atoms with Crippen molar-refractivity contribution in [3.05, 3.63) is 0 Å². The highest BCUT2D eigenvalue weighted by molar-refractivity contribution is 7.39. The molecule has 98 valence electrons. The third-order valence-electron chi connectivity index (χ3n) is 3.24. The molecule has 0 aliphatic carbocycles. The maximum atomic E-state index is 3.06. The predicted molar refractivity (Wildman–Crippen MR) is 84.3 cm³/mol. The molecule has 0 aromatic carbocycles. The van der Waals surface area contributed by atoms with Crippen LogP contribution in [0, 0.1) is 0 Å². The number of rotatable bonds is 11. The smallest absolute Gasteiger partial charge is 0.000701 e. The first-order chi connectivity index (χ1) is 7.62. The monoisotopic (exact) mass is 262 g/mol. The van der Waals surface area contributed by atoms with E-state index in [1.165, 1.54) is 70.6 Å². The molecule has 0 saturated heterocycles. The standard InChI is InChI=1S/C14H32P2/c1-3-5-7-9-11-13-14(15,16)12-10-8-6-4-2/h3-13,15-16H2,1-2H3. The Morgan fingerprint density at radius 3 is 1.44 bits per heavy atom. The second kappa shape index (κ2) is 11.0. The van der Waals surface area contributed by atoms with Gasteiger partial charge < -0.3 is 0 Å². The maximum Gasteiger partial charge on any atom is -0.000701 e. The largest absolute Gasteiger partial charge is 0.127 e. The lowest BCUT2D eigenvalue weighted by molar-refractivity contribution is 0.536. The molecule has 16 heavy (non-hydrogen) atoms. The molecule has 0 aliphatic heterocycles. The molecule has 0 aliphatic rings. The first kappa shape index (κ1) is 16.9. The quantitative estimate of drug-likeness (QED) is 0.328. The minimum atomic E-state index is 0.431. The van der Waals surface area contributed by atoms with Crippen molar-refractivity contribution in [2.75, 3.05) is 0 Å². The van der Waals surface area contributed by atoms with E-state index >= 15 is 0 Å². The van der Waals surface area contributed by atoms with E-state index in [1.54, 1.807) is 0 Å². The molecule has 2 atom stereocenters. The fourth-order valence-corrected chi connectivity index (χ4v) is 2.88. The predicted octanol–water partition coefficient (Wildman–Crippen LogP) is 5.76. The normalized spacial score (nSPS) is 12.0. The molecule has 0 bridgehead atoms. The fourth-order valence-electron chi connectivity index (χ4n) is 2.06. The summed E-state index contributed by atoms with van der Waals surface area (Å²) in [5.41, 5.74) is 0. The third-order valence-corrected chi connectivity index (χ3v) is 4.40. The van der Waals surface area contributed by atoms with Gasteiger partial charge >= 0.3 is 0 Å². The van der Waals surface area contributed by atoms with Crippen molar-refractivity contribution in [1.29, 1.82) is 0 Å². The Kier molecular flexibility index (Phi) is 11.6. The zero-order chi connectivity index (χ0) is 12.3. The summed E-state index contributed by atoms with van der Waals surface area (Å²) in [5.74, 6) is 0. The third kappa shape index (κ3) is 11.3. The first-order valence-corrected chi connectivity index (χ1v) is 8.35. The minimum Gasteiger partial charge on any atom is -0.127 e. The van der Waals surface area contributed by atoms with Gasteiger partial charge in [0.05, 0.1) is 0 Å². The van der Waals surface area contributed by atoms with Crippen LogP contribution in [0.25, 0.3) is 0 Å². The second-order valence-electron chi connectivity index (χ2n) is 5.21. The van der Waals surface area contributed by atoms with Crippen molar-refractivity contribution in [2.24, 2.45) is 0 Å². The Balaban J connectivity index is 3.38. The van der Waals surface area contributed by atoms with E-state index in [0.29, 0.717) is 4.90 Å². The van der Waals surface area contributed by atoms with Gasteiger partial charge in [0.2, 0.25) is 0 Å². The zero-order valence-electron chi connectivity index (χ0n) is 11.4. The van der Waals surface area contributed by atoms with E-state index in [-0.39, 0.29) is 0 Å². The summed E-state index contributed by atoms with van der Waals surface area (Å²) in [6.07, 6.45) is 15.3. The minimum absolute atomic E-state index is 0.431. The van der Waals surface area contributed by atoms with E-state index in [2.05, 4.69) is 32.3 Å². The van der Waals surface area contributed by atoms with Crippen molar-refractivity contribution in [1.82, 2.24) is 0 Å². The van der Waals surface area contributed by atoms with Crippen LogP contribution in [0.1, 0.15) is 84.5 Å². The lowest BCUT2D eigenvalue weighted by Crippen LogP contribution is -2.10. The van der Waals surface area contributed by atoms with Gasteiger partial charge in [0.15, 0.2) is 0 Å². The van der Waals surface area contributed by atoms with Crippen molar-refractivity contribution in [2.45, 2.75) is 89.4 Å². The molecular weight excluding hydrogens is 230 g/mol. The van der Waals surface area contributed by atoms with Gasteiger partial charge in [-0.05, 0) is 17.7 Å². The van der Waals surface area contributed by atoms with Crippen LogP contribution in [0.4, 0.5) is 0 Å². The molecule has 0 N–H and O–H groups in total. The molecular formula is C14H32P2. The average Bonchev–Trinajstić information content (AvgIpc) is 2.24. The first-order valence-electron chi connectivity index (χ1n) is 7.20. The van der Waals surface area contributed by atoms with Crippen molar-refractivity contribution in [3.63, 3.8) is 0 Å². The van der Waals surface area contributed by atoms with Crippen LogP contribution >= 0.6 is 18.5 Å². The Morgan fingerprint density at radius 1 is 0.625 bits per heavy atom. The molecule has 0 saturated carbocycles. The van der Waals surface area contributed by atoms with Gasteiger partial charge in [-0.15, -0.1) is 18.5 Å². The lowest BCUT2D eigenvalue weighted by Gasteiger charge is -2.24. The van der Waals surface area contributed by atoms with Crippen LogP contribution in [0.3, 0.4) is 0 Å². The van der Waals surface area contributed by atoms with Crippen LogP contribution in [0.15, 0.2) is 0 Å². The fraction of sp³-hybridized carbons (Fsp3) is 1.00. The highest BCUT2D eigenvalue weighted by atomic mass is 31.1. The molecule has 0 aromatic rings. The molecule has 0 nitrogen and oxygen atoms in total. The van der Waals surface area contributed by atoms with Crippen molar-refractivity contribution in [3.8, 4) is 0 Å². The molecule has 2 unspecified atom stereocenters. The van der Waals surface area contributed by atoms with Gasteiger partial charge in [-0.2, -0.15) is 0 Å². The average molecular weight is 262 g/mol. The summed E-state index contributed by atoms with van der Waals surface area (Å²) in [4.78, 5) is 0.431. The molecule has 0 amide bonds. The van der Waals surface area contributed by atoms with Crippen LogP contribution < -0.4 is 0 Å². The van der Waals surface area contributed by atoms with Crippen LogP contribution in [0.5, 0.6) is 0 Å². The molecule has 0 heterocycles. The number of unbranched alkanes of at least 4 members (excludes halogenated alkanes) is 7. The van der Waals surface area contributed by atoms with Crippen LogP contribution in [-0.2, 0) is 0 Å².